The summed E-state index contributed by atoms with van der Waals surface area (Å²) in [5.41, 5.74) is -2.01. The monoisotopic (exact) mass is 497 g/mol. The maximum atomic E-state index is 14.9. The molecule has 4 heterocycles. The van der Waals surface area contributed by atoms with E-state index >= 15 is 0 Å². The normalized spacial score (nSPS) is 17.4. The zero-order valence-electron chi connectivity index (χ0n) is 17.5. The Balaban J connectivity index is 1.72. The molecule has 1 aliphatic rings. The molecular formula is C20H15F4N5O4S. The summed E-state index contributed by atoms with van der Waals surface area (Å²) in [6.07, 6.45) is 1.53. The molecule has 0 unspecified atom stereocenters. The van der Waals surface area contributed by atoms with Crippen molar-refractivity contribution in [2.45, 2.75) is 25.4 Å². The SMILES string of the molecule is Cc1cc(-c2c(F)cccc2F)c2c(-n3cc4n(c3=O)C[C@@H](NS(C)(=O)=O)C4(F)F)noc2n1. The molecule has 4 aromatic rings. The second-order valence-electron chi connectivity index (χ2n) is 7.94. The van der Waals surface area contributed by atoms with Crippen molar-refractivity contribution in [1.82, 2.24) is 24.0 Å². The lowest BCUT2D eigenvalue weighted by Crippen LogP contribution is -2.44. The molecule has 34 heavy (non-hydrogen) atoms. The van der Waals surface area contributed by atoms with Gasteiger partial charge in [0.2, 0.25) is 10.0 Å². The summed E-state index contributed by atoms with van der Waals surface area (Å²) in [6.45, 7) is 0.918. The Kier molecular flexibility index (Phi) is 4.74. The lowest BCUT2D eigenvalue weighted by atomic mass is 10.0. The standard InChI is InChI=1S/C20H15F4N5O4S/c1-9-6-10(15-11(21)4-3-5-12(15)22)16-17(26-33-18(16)25-9)29-8-14-20(23,24)13(27-34(2,31)32)7-28(14)19(29)30/h3-6,8,13,27H,7H2,1-2H3/t13-/m1/s1. The first kappa shape index (κ1) is 22.3. The molecule has 1 aliphatic heterocycles. The number of rotatable bonds is 4. The minimum Gasteiger partial charge on any atom is -0.334 e. The minimum atomic E-state index is -3.98. The summed E-state index contributed by atoms with van der Waals surface area (Å²) in [7, 11) is -3.98. The van der Waals surface area contributed by atoms with E-state index in [0.29, 0.717) is 10.3 Å². The number of alkyl halides is 2. The first-order valence-electron chi connectivity index (χ1n) is 9.78. The first-order valence-corrected chi connectivity index (χ1v) is 11.7. The number of imidazole rings is 1. The van der Waals surface area contributed by atoms with E-state index in [2.05, 4.69) is 10.1 Å². The Hall–Kier alpha value is -3.52. The van der Waals surface area contributed by atoms with Crippen molar-refractivity contribution >= 4 is 21.1 Å². The molecule has 5 rings (SSSR count). The third-order valence-corrected chi connectivity index (χ3v) is 6.21. The summed E-state index contributed by atoms with van der Waals surface area (Å²) in [5.74, 6) is -5.81. The molecule has 0 spiro atoms. The van der Waals surface area contributed by atoms with Gasteiger partial charge in [-0.2, -0.15) is 8.78 Å². The van der Waals surface area contributed by atoms with Crippen molar-refractivity contribution < 1.29 is 30.5 Å². The van der Waals surface area contributed by atoms with Crippen LogP contribution in [0.4, 0.5) is 17.6 Å². The highest BCUT2D eigenvalue weighted by molar-refractivity contribution is 7.88. The number of nitrogens with one attached hydrogen (secondary N) is 1. The molecular weight excluding hydrogens is 482 g/mol. The fourth-order valence-corrected chi connectivity index (χ4v) is 4.83. The van der Waals surface area contributed by atoms with E-state index in [0.717, 1.165) is 29.2 Å². The molecule has 1 N–H and O–H groups in total. The number of pyridine rings is 1. The molecule has 0 saturated heterocycles. The van der Waals surface area contributed by atoms with E-state index in [-0.39, 0.29) is 22.5 Å². The predicted molar refractivity (Wildman–Crippen MR) is 111 cm³/mol. The highest BCUT2D eigenvalue weighted by atomic mass is 32.2. The summed E-state index contributed by atoms with van der Waals surface area (Å²) >= 11 is 0. The Labute approximate surface area is 188 Å². The molecule has 14 heteroatoms. The maximum absolute atomic E-state index is 14.9. The minimum absolute atomic E-state index is 0.0315. The van der Waals surface area contributed by atoms with E-state index in [1.54, 1.807) is 6.92 Å². The maximum Gasteiger partial charge on any atom is 0.334 e. The third kappa shape index (κ3) is 3.32. The molecule has 1 aromatic carbocycles. The van der Waals surface area contributed by atoms with Gasteiger partial charge in [0.15, 0.2) is 5.82 Å². The predicted octanol–water partition coefficient (Wildman–Crippen LogP) is 2.45. The van der Waals surface area contributed by atoms with E-state index < -0.39 is 57.1 Å². The molecule has 0 aliphatic carbocycles. The number of sulfonamides is 1. The quantitative estimate of drug-likeness (QED) is 0.434. The zero-order chi connectivity index (χ0) is 24.6. The van der Waals surface area contributed by atoms with Crippen LogP contribution in [0.1, 0.15) is 11.4 Å². The number of aryl methyl sites for hydroxylation is 1. The van der Waals surface area contributed by atoms with Crippen molar-refractivity contribution in [2.24, 2.45) is 0 Å². The van der Waals surface area contributed by atoms with Gasteiger partial charge in [-0.3, -0.25) is 4.57 Å². The number of aromatic nitrogens is 4. The van der Waals surface area contributed by atoms with Crippen molar-refractivity contribution in [3.05, 3.63) is 64.0 Å². The molecule has 0 radical (unpaired) electrons. The average molecular weight is 497 g/mol. The van der Waals surface area contributed by atoms with E-state index in [4.69, 9.17) is 4.52 Å². The van der Waals surface area contributed by atoms with Gasteiger partial charge in [-0.1, -0.05) is 11.2 Å². The van der Waals surface area contributed by atoms with Crippen molar-refractivity contribution in [3.63, 3.8) is 0 Å². The molecule has 0 bridgehead atoms. The number of hydrogen-bond donors (Lipinski definition) is 1. The Morgan fingerprint density at radius 1 is 1.24 bits per heavy atom. The number of fused-ring (bicyclic) bond motifs is 2. The Bertz CT molecular complexity index is 1620. The molecule has 0 fully saturated rings. The highest BCUT2D eigenvalue weighted by Gasteiger charge is 2.52. The fraction of sp³-hybridized carbons (Fsp3) is 0.250. The number of halogens is 4. The average Bonchev–Trinajstić information content (AvgIpc) is 3.34. The van der Waals surface area contributed by atoms with Crippen LogP contribution in [0.2, 0.25) is 0 Å². The van der Waals surface area contributed by atoms with Gasteiger partial charge in [0, 0.05) is 17.5 Å². The van der Waals surface area contributed by atoms with Gasteiger partial charge in [0.1, 0.15) is 23.4 Å². The van der Waals surface area contributed by atoms with Crippen LogP contribution >= 0.6 is 0 Å². The van der Waals surface area contributed by atoms with Gasteiger partial charge in [-0.15, -0.1) is 0 Å². The summed E-state index contributed by atoms with van der Waals surface area (Å²) < 4.78 is 90.4. The topological polar surface area (TPSA) is 112 Å². The molecule has 0 saturated carbocycles. The zero-order valence-corrected chi connectivity index (χ0v) is 18.3. The highest BCUT2D eigenvalue weighted by Crippen LogP contribution is 2.39. The van der Waals surface area contributed by atoms with E-state index in [1.807, 2.05) is 4.72 Å². The molecule has 3 aromatic heterocycles. The van der Waals surface area contributed by atoms with Crippen molar-refractivity contribution in [3.8, 4) is 16.9 Å². The summed E-state index contributed by atoms with van der Waals surface area (Å²) in [6, 6.07) is 2.77. The lowest BCUT2D eigenvalue weighted by molar-refractivity contribution is -0.0248. The van der Waals surface area contributed by atoms with Crippen LogP contribution in [0.25, 0.3) is 28.0 Å². The summed E-state index contributed by atoms with van der Waals surface area (Å²) in [4.78, 5) is 17.1. The molecule has 9 nitrogen and oxygen atoms in total. The second kappa shape index (κ2) is 7.24. The lowest BCUT2D eigenvalue weighted by Gasteiger charge is -2.18. The van der Waals surface area contributed by atoms with Gasteiger partial charge >= 0.3 is 11.6 Å². The van der Waals surface area contributed by atoms with Gasteiger partial charge in [-0.05, 0) is 25.1 Å². The smallest absolute Gasteiger partial charge is 0.334 e. The number of hydrogen-bond acceptors (Lipinski definition) is 6. The Morgan fingerprint density at radius 3 is 2.53 bits per heavy atom. The number of benzene rings is 1. The van der Waals surface area contributed by atoms with Crippen LogP contribution in [-0.4, -0.2) is 40.0 Å². The fourth-order valence-electron chi connectivity index (χ4n) is 4.10. The van der Waals surface area contributed by atoms with Gasteiger partial charge in [-0.25, -0.2) is 36.3 Å². The van der Waals surface area contributed by atoms with Gasteiger partial charge in [0.25, 0.3) is 5.71 Å². The first-order chi connectivity index (χ1) is 15.9. The van der Waals surface area contributed by atoms with Crippen LogP contribution in [0.3, 0.4) is 0 Å². The Morgan fingerprint density at radius 2 is 1.91 bits per heavy atom. The largest absolute Gasteiger partial charge is 0.334 e. The van der Waals surface area contributed by atoms with E-state index in [9.17, 15) is 30.8 Å². The van der Waals surface area contributed by atoms with Crippen molar-refractivity contribution in [2.75, 3.05) is 6.26 Å². The van der Waals surface area contributed by atoms with Crippen LogP contribution in [0.5, 0.6) is 0 Å². The second-order valence-corrected chi connectivity index (χ2v) is 9.72. The third-order valence-electron chi connectivity index (χ3n) is 5.50. The molecule has 1 atom stereocenters. The molecule has 0 amide bonds. The van der Waals surface area contributed by atoms with Gasteiger partial charge in [0.05, 0.1) is 23.8 Å². The van der Waals surface area contributed by atoms with Crippen molar-refractivity contribution in [1.29, 1.82) is 0 Å². The number of nitrogens with zero attached hydrogens (tertiary/aromatic N) is 4. The van der Waals surface area contributed by atoms with E-state index in [1.165, 1.54) is 12.1 Å². The summed E-state index contributed by atoms with van der Waals surface area (Å²) in [5, 5.41) is 3.70. The van der Waals surface area contributed by atoms with Crippen LogP contribution in [0, 0.1) is 18.6 Å². The van der Waals surface area contributed by atoms with Crippen LogP contribution in [0.15, 0.2) is 39.8 Å². The molecule has 178 valence electrons. The van der Waals surface area contributed by atoms with Gasteiger partial charge < -0.3 is 4.52 Å². The van der Waals surface area contributed by atoms with Crippen LogP contribution < -0.4 is 10.4 Å². The van der Waals surface area contributed by atoms with Crippen LogP contribution in [-0.2, 0) is 22.5 Å².